The van der Waals surface area contributed by atoms with Gasteiger partial charge >= 0.3 is 5.63 Å². The molecule has 0 aliphatic heterocycles. The number of rotatable bonds is 4. The van der Waals surface area contributed by atoms with Crippen LogP contribution in [0.4, 0.5) is 5.69 Å². The molecular weight excluding hydrogens is 238 g/mol. The molecule has 1 N–H and O–H groups in total. The summed E-state index contributed by atoms with van der Waals surface area (Å²) in [5.41, 5.74) is 4.61. The zero-order valence-corrected chi connectivity index (χ0v) is 12.1. The van der Waals surface area contributed by atoms with E-state index >= 15 is 0 Å². The third-order valence-corrected chi connectivity index (χ3v) is 3.59. The molecule has 1 aromatic heterocycles. The van der Waals surface area contributed by atoms with Crippen molar-refractivity contribution in [2.75, 3.05) is 11.9 Å². The van der Waals surface area contributed by atoms with Crippen molar-refractivity contribution in [1.29, 1.82) is 0 Å². The van der Waals surface area contributed by atoms with Gasteiger partial charge < -0.3 is 9.73 Å². The monoisotopic (exact) mass is 259 g/mol. The average molecular weight is 259 g/mol. The minimum atomic E-state index is -0.226. The van der Waals surface area contributed by atoms with Gasteiger partial charge in [-0.1, -0.05) is 13.8 Å². The molecule has 1 heterocycles. The van der Waals surface area contributed by atoms with Gasteiger partial charge in [0.1, 0.15) is 5.58 Å². The number of anilines is 1. The van der Waals surface area contributed by atoms with E-state index in [1.165, 1.54) is 5.56 Å². The van der Waals surface area contributed by atoms with E-state index in [2.05, 4.69) is 32.2 Å². The van der Waals surface area contributed by atoms with E-state index in [9.17, 15) is 4.79 Å². The molecular formula is C16H21NO2. The van der Waals surface area contributed by atoms with Crippen LogP contribution in [0.1, 0.15) is 37.5 Å². The van der Waals surface area contributed by atoms with Crippen molar-refractivity contribution in [2.45, 2.75) is 40.5 Å². The second-order valence-electron chi connectivity index (χ2n) is 4.74. The first-order valence-electron chi connectivity index (χ1n) is 6.95. The molecule has 1 aromatic carbocycles. The van der Waals surface area contributed by atoms with E-state index in [1.54, 1.807) is 0 Å². The molecule has 3 heteroatoms. The third-order valence-electron chi connectivity index (χ3n) is 3.59. The number of aryl methyl sites for hydroxylation is 2. The number of nitrogens with one attached hydrogen (secondary N) is 1. The molecule has 0 atom stereocenters. The Hall–Kier alpha value is -1.77. The van der Waals surface area contributed by atoms with Gasteiger partial charge in [-0.3, -0.25) is 0 Å². The van der Waals surface area contributed by atoms with Crippen molar-refractivity contribution in [3.05, 3.63) is 39.2 Å². The Kier molecular flexibility index (Phi) is 3.93. The van der Waals surface area contributed by atoms with Gasteiger partial charge in [0.05, 0.1) is 0 Å². The Morgan fingerprint density at radius 1 is 1.16 bits per heavy atom. The molecule has 102 valence electrons. The second-order valence-corrected chi connectivity index (χ2v) is 4.74. The van der Waals surface area contributed by atoms with Gasteiger partial charge in [-0.15, -0.1) is 0 Å². The van der Waals surface area contributed by atoms with Crippen molar-refractivity contribution < 1.29 is 4.42 Å². The predicted molar refractivity (Wildman–Crippen MR) is 80.1 cm³/mol. The fourth-order valence-electron chi connectivity index (χ4n) is 2.55. The van der Waals surface area contributed by atoms with E-state index in [1.807, 2.05) is 13.0 Å². The van der Waals surface area contributed by atoms with Gasteiger partial charge in [0.15, 0.2) is 0 Å². The maximum atomic E-state index is 11.8. The summed E-state index contributed by atoms with van der Waals surface area (Å²) in [4.78, 5) is 11.8. The van der Waals surface area contributed by atoms with Gasteiger partial charge in [0.2, 0.25) is 0 Å². The molecule has 0 amide bonds. The first kappa shape index (κ1) is 13.7. The highest BCUT2D eigenvalue weighted by Gasteiger charge is 2.12. The van der Waals surface area contributed by atoms with Crippen LogP contribution in [0.15, 0.2) is 21.3 Å². The van der Waals surface area contributed by atoms with Crippen LogP contribution in [0.25, 0.3) is 11.0 Å². The second kappa shape index (κ2) is 5.47. The lowest BCUT2D eigenvalue weighted by atomic mass is 9.99. The van der Waals surface area contributed by atoms with E-state index in [-0.39, 0.29) is 5.63 Å². The molecule has 0 unspecified atom stereocenters. The lowest BCUT2D eigenvalue weighted by molar-refractivity contribution is 0.552. The highest BCUT2D eigenvalue weighted by Crippen LogP contribution is 2.27. The van der Waals surface area contributed by atoms with Crippen molar-refractivity contribution in [1.82, 2.24) is 0 Å². The van der Waals surface area contributed by atoms with Crippen LogP contribution < -0.4 is 10.9 Å². The Morgan fingerprint density at radius 3 is 2.47 bits per heavy atom. The molecule has 0 saturated carbocycles. The summed E-state index contributed by atoms with van der Waals surface area (Å²) in [7, 11) is 0. The van der Waals surface area contributed by atoms with Crippen LogP contribution in [-0.4, -0.2) is 6.54 Å². The first-order chi connectivity index (χ1) is 9.12. The summed E-state index contributed by atoms with van der Waals surface area (Å²) in [6, 6.07) is 4.11. The minimum Gasteiger partial charge on any atom is -0.422 e. The molecule has 2 aromatic rings. The van der Waals surface area contributed by atoms with Crippen LogP contribution in [0.3, 0.4) is 0 Å². The standard InChI is InChI=1S/C16H21NO2/c1-5-11-8-13-12(6-2)10(4)16(18)19-15(13)9-14(11)17-7-3/h8-9,17H,5-7H2,1-4H3. The largest absolute Gasteiger partial charge is 0.422 e. The molecule has 2 rings (SSSR count). The Morgan fingerprint density at radius 2 is 1.89 bits per heavy atom. The summed E-state index contributed by atoms with van der Waals surface area (Å²) in [5.74, 6) is 0. The quantitative estimate of drug-likeness (QED) is 0.852. The van der Waals surface area contributed by atoms with E-state index in [0.29, 0.717) is 5.58 Å². The first-order valence-corrected chi connectivity index (χ1v) is 6.95. The van der Waals surface area contributed by atoms with Crippen molar-refractivity contribution >= 4 is 16.7 Å². The Bertz CT molecular complexity index is 656. The van der Waals surface area contributed by atoms with Gasteiger partial charge in [0, 0.05) is 29.2 Å². The number of fused-ring (bicyclic) bond motifs is 1. The zero-order valence-electron chi connectivity index (χ0n) is 12.1. The van der Waals surface area contributed by atoms with Gasteiger partial charge in [0.25, 0.3) is 0 Å². The van der Waals surface area contributed by atoms with Gasteiger partial charge in [-0.05, 0) is 43.9 Å². The van der Waals surface area contributed by atoms with Crippen LogP contribution in [0, 0.1) is 6.92 Å². The fourth-order valence-corrected chi connectivity index (χ4v) is 2.55. The summed E-state index contributed by atoms with van der Waals surface area (Å²) < 4.78 is 5.43. The molecule has 0 aliphatic rings. The molecule has 19 heavy (non-hydrogen) atoms. The highest BCUT2D eigenvalue weighted by molar-refractivity contribution is 5.86. The molecule has 0 radical (unpaired) electrons. The lowest BCUT2D eigenvalue weighted by Gasteiger charge is -2.13. The maximum Gasteiger partial charge on any atom is 0.339 e. The molecule has 0 bridgehead atoms. The van der Waals surface area contributed by atoms with Gasteiger partial charge in [-0.25, -0.2) is 4.79 Å². The van der Waals surface area contributed by atoms with Gasteiger partial charge in [-0.2, -0.15) is 0 Å². The summed E-state index contributed by atoms with van der Waals surface area (Å²) in [5, 5.41) is 4.40. The van der Waals surface area contributed by atoms with E-state index < -0.39 is 0 Å². The summed E-state index contributed by atoms with van der Waals surface area (Å²) >= 11 is 0. The maximum absolute atomic E-state index is 11.8. The topological polar surface area (TPSA) is 42.2 Å². The van der Waals surface area contributed by atoms with E-state index in [4.69, 9.17) is 4.42 Å². The molecule has 0 aliphatic carbocycles. The Balaban J connectivity index is 2.80. The van der Waals surface area contributed by atoms with Crippen molar-refractivity contribution in [3.63, 3.8) is 0 Å². The SMILES string of the molecule is CCNc1cc2oc(=O)c(C)c(CC)c2cc1CC. The number of hydrogen-bond donors (Lipinski definition) is 1. The smallest absolute Gasteiger partial charge is 0.339 e. The molecule has 0 spiro atoms. The summed E-state index contributed by atoms with van der Waals surface area (Å²) in [6.07, 6.45) is 1.80. The van der Waals surface area contributed by atoms with Crippen LogP contribution in [-0.2, 0) is 12.8 Å². The molecule has 0 fully saturated rings. The van der Waals surface area contributed by atoms with Crippen molar-refractivity contribution in [2.24, 2.45) is 0 Å². The zero-order chi connectivity index (χ0) is 14.0. The number of hydrogen-bond acceptors (Lipinski definition) is 3. The van der Waals surface area contributed by atoms with Crippen molar-refractivity contribution in [3.8, 4) is 0 Å². The highest BCUT2D eigenvalue weighted by atomic mass is 16.4. The third kappa shape index (κ3) is 2.37. The van der Waals surface area contributed by atoms with Crippen LogP contribution in [0.2, 0.25) is 0 Å². The Labute approximate surface area is 113 Å². The average Bonchev–Trinajstić information content (AvgIpc) is 2.40. The van der Waals surface area contributed by atoms with Crippen LogP contribution in [0.5, 0.6) is 0 Å². The minimum absolute atomic E-state index is 0.226. The fraction of sp³-hybridized carbons (Fsp3) is 0.438. The molecule has 3 nitrogen and oxygen atoms in total. The number of benzene rings is 1. The predicted octanol–water partition coefficient (Wildman–Crippen LogP) is 3.66. The van der Waals surface area contributed by atoms with Crippen LogP contribution >= 0.6 is 0 Å². The van der Waals surface area contributed by atoms with E-state index in [0.717, 1.165) is 41.6 Å². The summed E-state index contributed by atoms with van der Waals surface area (Å²) in [6.45, 7) is 8.97. The lowest BCUT2D eigenvalue weighted by Crippen LogP contribution is -2.08. The normalized spacial score (nSPS) is 10.9. The molecule has 0 saturated heterocycles.